The Morgan fingerprint density at radius 1 is 1.30 bits per heavy atom. The van der Waals surface area contributed by atoms with Crippen LogP contribution in [0.1, 0.15) is 31.7 Å². The standard InChI is InChI=1S/C16H25BrN2O/c1-13(18)12-14-6-5-7-15(17)16(14)20-11-10-19-8-3-2-4-9-19/h5-7,13H,2-4,8-12,18H2,1H3. The fraction of sp³-hybridized carbons (Fsp3) is 0.625. The van der Waals surface area contributed by atoms with Crippen LogP contribution in [0.25, 0.3) is 0 Å². The number of benzene rings is 1. The minimum Gasteiger partial charge on any atom is -0.491 e. The average Bonchev–Trinajstić information content (AvgIpc) is 2.42. The fourth-order valence-electron chi connectivity index (χ4n) is 2.68. The number of hydrogen-bond acceptors (Lipinski definition) is 3. The van der Waals surface area contributed by atoms with Crippen molar-refractivity contribution in [2.45, 2.75) is 38.6 Å². The maximum atomic E-state index is 6.03. The number of para-hydroxylation sites is 1. The minimum atomic E-state index is 0.147. The van der Waals surface area contributed by atoms with E-state index in [0.29, 0.717) is 0 Å². The lowest BCUT2D eigenvalue weighted by molar-refractivity contribution is 0.182. The molecule has 3 nitrogen and oxygen atoms in total. The maximum Gasteiger partial charge on any atom is 0.136 e. The number of nitrogens with two attached hydrogens (primary N) is 1. The van der Waals surface area contributed by atoms with Crippen LogP contribution in [0, 0.1) is 0 Å². The molecule has 1 aromatic rings. The van der Waals surface area contributed by atoms with Crippen LogP contribution in [-0.2, 0) is 6.42 Å². The Morgan fingerprint density at radius 3 is 2.75 bits per heavy atom. The lowest BCUT2D eigenvalue weighted by Crippen LogP contribution is -2.33. The highest BCUT2D eigenvalue weighted by molar-refractivity contribution is 9.10. The van der Waals surface area contributed by atoms with E-state index in [4.69, 9.17) is 10.5 Å². The number of hydrogen-bond donors (Lipinski definition) is 1. The fourth-order valence-corrected chi connectivity index (χ4v) is 3.20. The molecular weight excluding hydrogens is 316 g/mol. The molecule has 4 heteroatoms. The van der Waals surface area contributed by atoms with Crippen molar-refractivity contribution in [3.63, 3.8) is 0 Å². The summed E-state index contributed by atoms with van der Waals surface area (Å²) >= 11 is 3.58. The van der Waals surface area contributed by atoms with Gasteiger partial charge in [0, 0.05) is 12.6 Å². The molecule has 0 radical (unpaired) electrons. The second-order valence-corrected chi connectivity index (χ2v) is 6.51. The van der Waals surface area contributed by atoms with Crippen molar-refractivity contribution < 1.29 is 4.74 Å². The van der Waals surface area contributed by atoms with E-state index >= 15 is 0 Å². The Bertz CT molecular complexity index is 417. The highest BCUT2D eigenvalue weighted by Gasteiger charge is 2.12. The quantitative estimate of drug-likeness (QED) is 0.864. The van der Waals surface area contributed by atoms with Crippen molar-refractivity contribution in [1.29, 1.82) is 0 Å². The normalized spacial score (nSPS) is 17.9. The molecule has 20 heavy (non-hydrogen) atoms. The van der Waals surface area contributed by atoms with Gasteiger partial charge in [-0.1, -0.05) is 18.6 Å². The maximum absolute atomic E-state index is 6.03. The van der Waals surface area contributed by atoms with Crippen molar-refractivity contribution in [2.24, 2.45) is 5.73 Å². The van der Waals surface area contributed by atoms with E-state index in [2.05, 4.69) is 26.9 Å². The molecule has 0 amide bonds. The monoisotopic (exact) mass is 340 g/mol. The van der Waals surface area contributed by atoms with Gasteiger partial charge in [-0.2, -0.15) is 0 Å². The zero-order chi connectivity index (χ0) is 14.4. The Morgan fingerprint density at radius 2 is 2.05 bits per heavy atom. The number of ether oxygens (including phenoxy) is 1. The summed E-state index contributed by atoms with van der Waals surface area (Å²) in [4.78, 5) is 2.49. The van der Waals surface area contributed by atoms with Gasteiger partial charge in [-0.15, -0.1) is 0 Å². The van der Waals surface area contributed by atoms with Gasteiger partial charge < -0.3 is 10.5 Å². The van der Waals surface area contributed by atoms with Crippen molar-refractivity contribution in [3.05, 3.63) is 28.2 Å². The van der Waals surface area contributed by atoms with Crippen molar-refractivity contribution >= 4 is 15.9 Å². The predicted octanol–water partition coefficient (Wildman–Crippen LogP) is 3.20. The SMILES string of the molecule is CC(N)Cc1cccc(Br)c1OCCN1CCCCC1. The zero-order valence-corrected chi connectivity index (χ0v) is 13.9. The summed E-state index contributed by atoms with van der Waals surface area (Å²) in [5.74, 6) is 0.960. The van der Waals surface area contributed by atoms with Crippen LogP contribution >= 0.6 is 15.9 Å². The molecule has 1 aromatic carbocycles. The van der Waals surface area contributed by atoms with E-state index in [1.165, 1.54) is 37.9 Å². The average molecular weight is 341 g/mol. The molecule has 0 spiro atoms. The molecule has 0 aliphatic carbocycles. The van der Waals surface area contributed by atoms with E-state index in [1.54, 1.807) is 0 Å². The molecule has 1 unspecified atom stereocenters. The van der Waals surface area contributed by atoms with Gasteiger partial charge in [0.1, 0.15) is 12.4 Å². The molecule has 1 aliphatic rings. The molecule has 2 N–H and O–H groups in total. The number of likely N-dealkylation sites (tertiary alicyclic amines) is 1. The van der Waals surface area contributed by atoms with Crippen LogP contribution in [-0.4, -0.2) is 37.2 Å². The van der Waals surface area contributed by atoms with Gasteiger partial charge in [0.25, 0.3) is 0 Å². The molecule has 112 valence electrons. The predicted molar refractivity (Wildman–Crippen MR) is 87.3 cm³/mol. The Kier molecular flexibility index (Phi) is 6.33. The Labute approximate surface area is 130 Å². The third kappa shape index (κ3) is 4.76. The first kappa shape index (κ1) is 15.8. The first-order valence-electron chi connectivity index (χ1n) is 7.55. The van der Waals surface area contributed by atoms with Gasteiger partial charge in [0.15, 0.2) is 0 Å². The van der Waals surface area contributed by atoms with Crippen molar-refractivity contribution in [1.82, 2.24) is 4.90 Å². The summed E-state index contributed by atoms with van der Waals surface area (Å²) in [6.07, 6.45) is 4.87. The molecule has 0 bridgehead atoms. The topological polar surface area (TPSA) is 38.5 Å². The van der Waals surface area contributed by atoms with E-state index in [0.717, 1.165) is 29.8 Å². The number of nitrogens with zero attached hydrogens (tertiary/aromatic N) is 1. The molecule has 0 saturated carbocycles. The summed E-state index contributed by atoms with van der Waals surface area (Å²) in [7, 11) is 0. The molecule has 1 heterocycles. The smallest absolute Gasteiger partial charge is 0.136 e. The van der Waals surface area contributed by atoms with Crippen molar-refractivity contribution in [2.75, 3.05) is 26.2 Å². The summed E-state index contributed by atoms with van der Waals surface area (Å²) in [6, 6.07) is 6.32. The van der Waals surface area contributed by atoms with Crippen LogP contribution in [0.3, 0.4) is 0 Å². The van der Waals surface area contributed by atoms with Crippen molar-refractivity contribution in [3.8, 4) is 5.75 Å². The molecule has 1 atom stereocenters. The van der Waals surface area contributed by atoms with Crippen LogP contribution in [0.4, 0.5) is 0 Å². The lowest BCUT2D eigenvalue weighted by Gasteiger charge is -2.26. The summed E-state index contributed by atoms with van der Waals surface area (Å²) < 4.78 is 7.05. The lowest BCUT2D eigenvalue weighted by atomic mass is 10.1. The van der Waals surface area contributed by atoms with Gasteiger partial charge in [-0.25, -0.2) is 0 Å². The van der Waals surface area contributed by atoms with Gasteiger partial charge in [-0.3, -0.25) is 4.90 Å². The number of piperidine rings is 1. The first-order valence-corrected chi connectivity index (χ1v) is 8.34. The second-order valence-electron chi connectivity index (χ2n) is 5.66. The third-order valence-electron chi connectivity index (χ3n) is 3.69. The second kappa shape index (κ2) is 8.01. The van der Waals surface area contributed by atoms with Gasteiger partial charge in [-0.05, 0) is 66.8 Å². The Balaban J connectivity index is 1.90. The van der Waals surface area contributed by atoms with Crippen LogP contribution in [0.15, 0.2) is 22.7 Å². The molecule has 1 fully saturated rings. The van der Waals surface area contributed by atoms with Gasteiger partial charge in [0.2, 0.25) is 0 Å². The molecular formula is C16H25BrN2O. The van der Waals surface area contributed by atoms with Gasteiger partial charge >= 0.3 is 0 Å². The molecule has 1 saturated heterocycles. The summed E-state index contributed by atoms with van der Waals surface area (Å²) in [5.41, 5.74) is 7.10. The summed E-state index contributed by atoms with van der Waals surface area (Å²) in [6.45, 7) is 6.21. The number of halogens is 1. The zero-order valence-electron chi connectivity index (χ0n) is 12.3. The van der Waals surface area contributed by atoms with Crippen LogP contribution in [0.2, 0.25) is 0 Å². The van der Waals surface area contributed by atoms with Gasteiger partial charge in [0.05, 0.1) is 4.47 Å². The largest absolute Gasteiger partial charge is 0.491 e. The van der Waals surface area contributed by atoms with Crippen LogP contribution in [0.5, 0.6) is 5.75 Å². The van der Waals surface area contributed by atoms with Crippen LogP contribution < -0.4 is 10.5 Å². The first-order chi connectivity index (χ1) is 9.66. The summed E-state index contributed by atoms with van der Waals surface area (Å²) in [5, 5.41) is 0. The van der Waals surface area contributed by atoms with E-state index in [9.17, 15) is 0 Å². The highest BCUT2D eigenvalue weighted by atomic mass is 79.9. The third-order valence-corrected chi connectivity index (χ3v) is 4.32. The Hall–Kier alpha value is -0.580. The van der Waals surface area contributed by atoms with E-state index < -0.39 is 0 Å². The molecule has 2 rings (SSSR count). The highest BCUT2D eigenvalue weighted by Crippen LogP contribution is 2.29. The van der Waals surface area contributed by atoms with E-state index in [1.807, 2.05) is 19.1 Å². The molecule has 0 aromatic heterocycles. The number of rotatable bonds is 6. The minimum absolute atomic E-state index is 0.147. The molecule has 1 aliphatic heterocycles. The van der Waals surface area contributed by atoms with E-state index in [-0.39, 0.29) is 6.04 Å².